The summed E-state index contributed by atoms with van der Waals surface area (Å²) in [6, 6.07) is 22.7. The van der Waals surface area contributed by atoms with E-state index in [0.717, 1.165) is 42.7 Å². The van der Waals surface area contributed by atoms with Gasteiger partial charge in [-0.15, -0.1) is 0 Å². The van der Waals surface area contributed by atoms with Gasteiger partial charge in [0.2, 0.25) is 0 Å². The molecule has 1 saturated heterocycles. The first-order valence-corrected chi connectivity index (χ1v) is 11.9. The summed E-state index contributed by atoms with van der Waals surface area (Å²) in [4.78, 5) is 22.2. The van der Waals surface area contributed by atoms with Gasteiger partial charge in [0.15, 0.2) is 5.17 Å². The summed E-state index contributed by atoms with van der Waals surface area (Å²) in [7, 11) is 0. The molecule has 0 aliphatic carbocycles. The average molecular weight is 456 g/mol. The molecule has 5 nitrogen and oxygen atoms in total. The van der Waals surface area contributed by atoms with Crippen molar-refractivity contribution in [2.24, 2.45) is 4.99 Å². The minimum atomic E-state index is -0.190. The average Bonchev–Trinajstić information content (AvgIpc) is 3.23. The van der Waals surface area contributed by atoms with Crippen LogP contribution in [0.5, 0.6) is 5.75 Å². The Morgan fingerprint density at radius 2 is 1.67 bits per heavy atom. The molecule has 0 saturated carbocycles. The molecule has 1 fully saturated rings. The van der Waals surface area contributed by atoms with E-state index in [4.69, 9.17) is 4.74 Å². The van der Waals surface area contributed by atoms with Gasteiger partial charge in [0.05, 0.1) is 4.91 Å². The fourth-order valence-corrected chi connectivity index (χ4v) is 5.13. The molecule has 0 N–H and O–H groups in total. The van der Waals surface area contributed by atoms with Crippen molar-refractivity contribution in [3.8, 4) is 5.75 Å². The molecule has 3 aromatic rings. The Bertz CT molecular complexity index is 1250. The van der Waals surface area contributed by atoms with Gasteiger partial charge in [0.25, 0.3) is 5.91 Å². The number of carbonyl (C=O) groups is 1. The number of carbonyl (C=O) groups excluding carboxylic acids is 1. The number of ether oxygens (including phenoxy) is 1. The minimum absolute atomic E-state index is 0.190. The molecule has 2 heterocycles. The van der Waals surface area contributed by atoms with E-state index in [0.29, 0.717) is 11.5 Å². The van der Waals surface area contributed by atoms with Gasteiger partial charge in [0.1, 0.15) is 12.4 Å². The van der Waals surface area contributed by atoms with Crippen LogP contribution in [0.15, 0.2) is 89.3 Å². The second-order valence-corrected chi connectivity index (χ2v) is 8.93. The molecule has 33 heavy (non-hydrogen) atoms. The van der Waals surface area contributed by atoms with Crippen LogP contribution in [0.1, 0.15) is 5.56 Å². The van der Waals surface area contributed by atoms with Crippen molar-refractivity contribution < 1.29 is 9.53 Å². The second kappa shape index (κ2) is 9.55. The normalized spacial score (nSPS) is 17.5. The molecule has 0 atom stereocenters. The molecule has 0 aromatic heterocycles. The number of fused-ring (bicyclic) bond motifs is 1. The third-order valence-electron chi connectivity index (χ3n) is 5.83. The van der Waals surface area contributed by atoms with E-state index in [1.165, 1.54) is 28.2 Å². The molecule has 6 heteroatoms. The lowest BCUT2D eigenvalue weighted by Crippen LogP contribution is -2.47. The maximum Gasteiger partial charge on any atom is 0.286 e. The molecular formula is C27H25N3O2S. The van der Waals surface area contributed by atoms with E-state index in [1.807, 2.05) is 30.3 Å². The van der Waals surface area contributed by atoms with Crippen LogP contribution in [0.2, 0.25) is 0 Å². The highest BCUT2D eigenvalue weighted by Gasteiger charge is 2.29. The van der Waals surface area contributed by atoms with Crippen molar-refractivity contribution in [3.63, 3.8) is 0 Å². The number of nitrogens with zero attached hydrogens (tertiary/aromatic N) is 3. The van der Waals surface area contributed by atoms with Crippen molar-refractivity contribution in [1.29, 1.82) is 0 Å². The van der Waals surface area contributed by atoms with Crippen LogP contribution in [-0.2, 0) is 4.79 Å². The fraction of sp³-hybridized carbons (Fsp3) is 0.185. The molecular weight excluding hydrogens is 430 g/mol. The Morgan fingerprint density at radius 1 is 0.939 bits per heavy atom. The van der Waals surface area contributed by atoms with Crippen LogP contribution in [0, 0.1) is 0 Å². The van der Waals surface area contributed by atoms with Gasteiger partial charge in [-0.2, -0.15) is 4.99 Å². The molecule has 1 amide bonds. The van der Waals surface area contributed by atoms with Crippen LogP contribution in [-0.4, -0.2) is 48.8 Å². The number of piperazine rings is 1. The number of aliphatic imine (C=N–C) groups is 1. The van der Waals surface area contributed by atoms with E-state index < -0.39 is 0 Å². The zero-order chi connectivity index (χ0) is 22.6. The highest BCUT2D eigenvalue weighted by molar-refractivity contribution is 8.18. The van der Waals surface area contributed by atoms with Crippen LogP contribution >= 0.6 is 11.8 Å². The first-order chi connectivity index (χ1) is 16.2. The van der Waals surface area contributed by atoms with Gasteiger partial charge in [-0.05, 0) is 35.4 Å². The number of para-hydroxylation sites is 1. The topological polar surface area (TPSA) is 45.1 Å². The lowest BCUT2D eigenvalue weighted by atomic mass is 10.1. The van der Waals surface area contributed by atoms with Gasteiger partial charge in [-0.25, -0.2) is 0 Å². The zero-order valence-electron chi connectivity index (χ0n) is 18.3. The smallest absolute Gasteiger partial charge is 0.286 e. The lowest BCUT2D eigenvalue weighted by Gasteiger charge is -2.37. The first kappa shape index (κ1) is 21.3. The molecule has 0 unspecified atom stereocenters. The summed E-state index contributed by atoms with van der Waals surface area (Å²) < 4.78 is 5.72. The number of hydrogen-bond acceptors (Lipinski definition) is 5. The Hall–Kier alpha value is -3.51. The minimum Gasteiger partial charge on any atom is -0.489 e. The Balaban J connectivity index is 1.27. The van der Waals surface area contributed by atoms with E-state index in [1.54, 1.807) is 6.08 Å². The first-order valence-electron chi connectivity index (χ1n) is 11.1. The van der Waals surface area contributed by atoms with Gasteiger partial charge in [0, 0.05) is 42.8 Å². The Kier molecular flexibility index (Phi) is 6.17. The van der Waals surface area contributed by atoms with E-state index in [2.05, 4.69) is 63.8 Å². The van der Waals surface area contributed by atoms with Crippen molar-refractivity contribution in [1.82, 2.24) is 4.90 Å². The Labute approximate surface area is 198 Å². The van der Waals surface area contributed by atoms with Gasteiger partial charge >= 0.3 is 0 Å². The van der Waals surface area contributed by atoms with Gasteiger partial charge < -0.3 is 14.5 Å². The predicted octanol–water partition coefficient (Wildman–Crippen LogP) is 5.20. The molecule has 0 radical (unpaired) electrons. The molecule has 0 spiro atoms. The third kappa shape index (κ3) is 4.52. The summed E-state index contributed by atoms with van der Waals surface area (Å²) in [5, 5.41) is 3.32. The number of hydrogen-bond donors (Lipinski definition) is 0. The van der Waals surface area contributed by atoms with E-state index in [-0.39, 0.29) is 5.91 Å². The summed E-state index contributed by atoms with van der Waals surface area (Å²) in [6.45, 7) is 7.55. The number of thioether (sulfide) groups is 1. The van der Waals surface area contributed by atoms with E-state index >= 15 is 0 Å². The standard InChI is InChI=1S/C27H25N3O2S/c1-2-18-32-24-13-6-4-9-21(24)19-25-26(31)28-27(33-25)30-16-14-29(15-17-30)23-12-7-10-20-8-3-5-11-22(20)23/h2-13,19H,1,14-18H2/b25-19+. The van der Waals surface area contributed by atoms with Crippen LogP contribution in [0.4, 0.5) is 5.69 Å². The molecule has 166 valence electrons. The number of benzene rings is 3. The highest BCUT2D eigenvalue weighted by atomic mass is 32.2. The quantitative estimate of drug-likeness (QED) is 0.391. The molecule has 2 aliphatic heterocycles. The second-order valence-electron chi connectivity index (χ2n) is 7.92. The van der Waals surface area contributed by atoms with Crippen LogP contribution < -0.4 is 9.64 Å². The lowest BCUT2D eigenvalue weighted by molar-refractivity contribution is -0.113. The van der Waals surface area contributed by atoms with E-state index in [9.17, 15) is 4.79 Å². The van der Waals surface area contributed by atoms with Crippen molar-refractivity contribution >= 4 is 45.4 Å². The SMILES string of the molecule is C=CCOc1ccccc1/C=C1/SC(N2CCN(c3cccc4ccccc34)CC2)=NC1=O. The zero-order valence-corrected chi connectivity index (χ0v) is 19.1. The van der Waals surface area contributed by atoms with Crippen molar-refractivity contribution in [3.05, 3.63) is 89.9 Å². The molecule has 0 bridgehead atoms. The van der Waals surface area contributed by atoms with Gasteiger partial charge in [-0.3, -0.25) is 4.79 Å². The molecule has 2 aliphatic rings. The monoisotopic (exact) mass is 455 g/mol. The summed E-state index contributed by atoms with van der Waals surface area (Å²) in [5.41, 5.74) is 2.13. The maximum absolute atomic E-state index is 12.6. The molecule has 3 aromatic carbocycles. The maximum atomic E-state index is 12.6. The highest BCUT2D eigenvalue weighted by Crippen LogP contribution is 2.33. The van der Waals surface area contributed by atoms with Crippen LogP contribution in [0.3, 0.4) is 0 Å². The summed E-state index contributed by atoms with van der Waals surface area (Å²) in [6.07, 6.45) is 3.58. The van der Waals surface area contributed by atoms with Crippen LogP contribution in [0.25, 0.3) is 16.8 Å². The summed E-state index contributed by atoms with van der Waals surface area (Å²) >= 11 is 1.45. The number of amides is 1. The summed E-state index contributed by atoms with van der Waals surface area (Å²) in [5.74, 6) is 0.542. The van der Waals surface area contributed by atoms with Crippen molar-refractivity contribution in [2.45, 2.75) is 0 Å². The predicted molar refractivity (Wildman–Crippen MR) is 138 cm³/mol. The third-order valence-corrected chi connectivity index (χ3v) is 6.87. The largest absolute Gasteiger partial charge is 0.489 e. The molecule has 5 rings (SSSR count). The Morgan fingerprint density at radius 3 is 2.52 bits per heavy atom. The van der Waals surface area contributed by atoms with Crippen molar-refractivity contribution in [2.75, 3.05) is 37.7 Å². The fourth-order valence-electron chi connectivity index (χ4n) is 4.18. The number of amidine groups is 1. The number of anilines is 1. The number of rotatable bonds is 5. The van der Waals surface area contributed by atoms with Gasteiger partial charge in [-0.1, -0.05) is 67.3 Å².